The lowest BCUT2D eigenvalue weighted by Crippen LogP contribution is -2.49. The Hall–Kier alpha value is -1.19. The van der Waals surface area contributed by atoms with Crippen LogP contribution in [-0.4, -0.2) is 42.5 Å². The van der Waals surface area contributed by atoms with Crippen LogP contribution < -0.4 is 0 Å². The summed E-state index contributed by atoms with van der Waals surface area (Å²) in [6.07, 6.45) is 4.01. The molecule has 0 N–H and O–H groups in total. The SMILES string of the molecule is O=C(CC1Cc2ccccc21)C1CN2CCCC2CO1. The monoisotopic (exact) mass is 271 g/mol. The molecule has 3 aliphatic rings. The molecule has 0 bridgehead atoms. The number of morpholine rings is 1. The van der Waals surface area contributed by atoms with Crippen LogP contribution in [0.4, 0.5) is 0 Å². The van der Waals surface area contributed by atoms with Crippen molar-refractivity contribution in [2.75, 3.05) is 19.7 Å². The summed E-state index contributed by atoms with van der Waals surface area (Å²) >= 11 is 0. The highest BCUT2D eigenvalue weighted by atomic mass is 16.5. The van der Waals surface area contributed by atoms with Crippen LogP contribution in [0.2, 0.25) is 0 Å². The Kier molecular flexibility index (Phi) is 3.12. The van der Waals surface area contributed by atoms with E-state index in [1.54, 1.807) is 0 Å². The molecule has 0 amide bonds. The highest BCUT2D eigenvalue weighted by Gasteiger charge is 2.37. The topological polar surface area (TPSA) is 29.5 Å². The molecule has 20 heavy (non-hydrogen) atoms. The molecule has 0 radical (unpaired) electrons. The van der Waals surface area contributed by atoms with Crippen molar-refractivity contribution in [3.05, 3.63) is 35.4 Å². The van der Waals surface area contributed by atoms with E-state index in [0.717, 1.165) is 26.1 Å². The zero-order valence-electron chi connectivity index (χ0n) is 11.8. The molecule has 0 saturated carbocycles. The van der Waals surface area contributed by atoms with E-state index in [1.165, 1.54) is 24.0 Å². The van der Waals surface area contributed by atoms with E-state index in [2.05, 4.69) is 29.2 Å². The maximum absolute atomic E-state index is 12.4. The number of rotatable bonds is 3. The highest BCUT2D eigenvalue weighted by Crippen LogP contribution is 2.38. The largest absolute Gasteiger partial charge is 0.367 e. The first-order chi connectivity index (χ1) is 9.81. The number of carbonyl (C=O) groups is 1. The standard InChI is InChI=1S/C17H21NO2/c19-16(9-13-8-12-4-1-2-6-15(12)13)17-10-18-7-3-5-14(18)11-20-17/h1-2,4,6,13-14,17H,3,5,7-11H2. The number of hydrogen-bond acceptors (Lipinski definition) is 3. The third kappa shape index (κ3) is 2.09. The molecule has 0 aromatic heterocycles. The molecule has 0 spiro atoms. The Bertz CT molecular complexity index is 527. The van der Waals surface area contributed by atoms with Gasteiger partial charge in [0.25, 0.3) is 0 Å². The third-order valence-corrected chi connectivity index (χ3v) is 5.16. The van der Waals surface area contributed by atoms with Gasteiger partial charge in [-0.05, 0) is 42.9 Å². The van der Waals surface area contributed by atoms with Crippen molar-refractivity contribution in [1.82, 2.24) is 4.90 Å². The fourth-order valence-electron chi connectivity index (χ4n) is 3.93. The number of Topliss-reactive ketones (excluding diaryl/α,β-unsaturated/α-hetero) is 1. The predicted molar refractivity (Wildman–Crippen MR) is 76.8 cm³/mol. The molecular weight excluding hydrogens is 250 g/mol. The van der Waals surface area contributed by atoms with E-state index < -0.39 is 0 Å². The van der Waals surface area contributed by atoms with E-state index in [0.29, 0.717) is 24.2 Å². The second-order valence-electron chi connectivity index (χ2n) is 6.38. The zero-order valence-corrected chi connectivity index (χ0v) is 11.8. The summed E-state index contributed by atoms with van der Waals surface area (Å²) in [6, 6.07) is 9.05. The number of nitrogens with zero attached hydrogens (tertiary/aromatic N) is 1. The van der Waals surface area contributed by atoms with Gasteiger partial charge < -0.3 is 4.74 Å². The van der Waals surface area contributed by atoms with E-state index >= 15 is 0 Å². The van der Waals surface area contributed by atoms with Gasteiger partial charge in [-0.25, -0.2) is 0 Å². The van der Waals surface area contributed by atoms with Crippen molar-refractivity contribution < 1.29 is 9.53 Å². The van der Waals surface area contributed by atoms with Gasteiger partial charge in [-0.3, -0.25) is 9.69 Å². The molecule has 3 nitrogen and oxygen atoms in total. The van der Waals surface area contributed by atoms with E-state index in [9.17, 15) is 4.79 Å². The summed E-state index contributed by atoms with van der Waals surface area (Å²) in [6.45, 7) is 2.71. The molecule has 3 atom stereocenters. The minimum atomic E-state index is -0.183. The van der Waals surface area contributed by atoms with Crippen molar-refractivity contribution >= 4 is 5.78 Å². The number of ketones is 1. The highest BCUT2D eigenvalue weighted by molar-refractivity contribution is 5.84. The van der Waals surface area contributed by atoms with E-state index in [1.807, 2.05) is 0 Å². The van der Waals surface area contributed by atoms with Crippen LogP contribution in [0.25, 0.3) is 0 Å². The quantitative estimate of drug-likeness (QED) is 0.843. The van der Waals surface area contributed by atoms with Gasteiger partial charge in [0, 0.05) is 19.0 Å². The molecule has 1 aliphatic carbocycles. The molecule has 4 rings (SSSR count). The van der Waals surface area contributed by atoms with Gasteiger partial charge >= 0.3 is 0 Å². The minimum Gasteiger partial charge on any atom is -0.367 e. The summed E-state index contributed by atoms with van der Waals surface area (Å²) < 4.78 is 5.82. The minimum absolute atomic E-state index is 0.183. The van der Waals surface area contributed by atoms with Gasteiger partial charge in [0.2, 0.25) is 0 Å². The zero-order chi connectivity index (χ0) is 13.5. The molecule has 2 fully saturated rings. The molecule has 3 unspecified atom stereocenters. The molecule has 2 heterocycles. The average Bonchev–Trinajstić information content (AvgIpc) is 2.92. The lowest BCUT2D eigenvalue weighted by molar-refractivity contribution is -0.138. The Morgan fingerprint density at radius 2 is 2.25 bits per heavy atom. The van der Waals surface area contributed by atoms with Crippen LogP contribution in [0.15, 0.2) is 24.3 Å². The number of fused-ring (bicyclic) bond motifs is 2. The van der Waals surface area contributed by atoms with Crippen LogP contribution in [0.5, 0.6) is 0 Å². The van der Waals surface area contributed by atoms with Gasteiger partial charge in [0.15, 0.2) is 5.78 Å². The third-order valence-electron chi connectivity index (χ3n) is 5.16. The van der Waals surface area contributed by atoms with E-state index in [4.69, 9.17) is 4.74 Å². The molecule has 3 heteroatoms. The molecule has 2 saturated heterocycles. The average molecular weight is 271 g/mol. The first-order valence-corrected chi connectivity index (χ1v) is 7.77. The second-order valence-corrected chi connectivity index (χ2v) is 6.38. The fourth-order valence-corrected chi connectivity index (χ4v) is 3.93. The lowest BCUT2D eigenvalue weighted by Gasteiger charge is -2.36. The molecule has 1 aromatic rings. The number of hydrogen-bond donors (Lipinski definition) is 0. The van der Waals surface area contributed by atoms with Crippen molar-refractivity contribution in [2.45, 2.75) is 43.7 Å². The summed E-state index contributed by atoms with van der Waals surface area (Å²) in [5.41, 5.74) is 2.78. The number of benzene rings is 1. The smallest absolute Gasteiger partial charge is 0.163 e. The molecule has 2 aliphatic heterocycles. The fraction of sp³-hybridized carbons (Fsp3) is 0.588. The van der Waals surface area contributed by atoms with Crippen molar-refractivity contribution in [3.8, 4) is 0 Å². The van der Waals surface area contributed by atoms with Gasteiger partial charge in [-0.1, -0.05) is 24.3 Å². The summed E-state index contributed by atoms with van der Waals surface area (Å²) in [5, 5.41) is 0. The molecule has 106 valence electrons. The first-order valence-electron chi connectivity index (χ1n) is 7.77. The molecule has 1 aromatic carbocycles. The van der Waals surface area contributed by atoms with Gasteiger partial charge in [0.05, 0.1) is 6.61 Å². The number of ether oxygens (including phenoxy) is 1. The normalized spacial score (nSPS) is 32.3. The summed E-state index contributed by atoms with van der Waals surface area (Å²) in [5.74, 6) is 0.730. The summed E-state index contributed by atoms with van der Waals surface area (Å²) in [7, 11) is 0. The lowest BCUT2D eigenvalue weighted by atomic mass is 9.74. The summed E-state index contributed by atoms with van der Waals surface area (Å²) in [4.78, 5) is 14.9. The maximum atomic E-state index is 12.4. The van der Waals surface area contributed by atoms with E-state index in [-0.39, 0.29) is 6.10 Å². The van der Waals surface area contributed by atoms with Crippen molar-refractivity contribution in [2.24, 2.45) is 0 Å². The number of carbonyl (C=O) groups excluding carboxylic acids is 1. The first kappa shape index (κ1) is 12.5. The van der Waals surface area contributed by atoms with Gasteiger partial charge in [0.1, 0.15) is 6.10 Å². The Balaban J connectivity index is 1.37. The second kappa shape index (κ2) is 4.97. The van der Waals surface area contributed by atoms with Crippen LogP contribution in [0.1, 0.15) is 36.3 Å². The molecular formula is C17H21NO2. The van der Waals surface area contributed by atoms with Crippen molar-refractivity contribution in [1.29, 1.82) is 0 Å². The van der Waals surface area contributed by atoms with Crippen molar-refractivity contribution in [3.63, 3.8) is 0 Å². The Morgan fingerprint density at radius 1 is 1.35 bits per heavy atom. The van der Waals surface area contributed by atoms with Crippen LogP contribution in [0, 0.1) is 0 Å². The maximum Gasteiger partial charge on any atom is 0.163 e. The van der Waals surface area contributed by atoms with Gasteiger partial charge in [-0.2, -0.15) is 0 Å². The Labute approximate surface area is 119 Å². The van der Waals surface area contributed by atoms with Crippen LogP contribution >= 0.6 is 0 Å². The van der Waals surface area contributed by atoms with Crippen LogP contribution in [0.3, 0.4) is 0 Å². The van der Waals surface area contributed by atoms with Gasteiger partial charge in [-0.15, -0.1) is 0 Å². The predicted octanol–water partition coefficient (Wildman–Crippen LogP) is 2.15. The van der Waals surface area contributed by atoms with Crippen LogP contribution in [-0.2, 0) is 16.0 Å². The Morgan fingerprint density at radius 3 is 3.15 bits per heavy atom.